The highest BCUT2D eigenvalue weighted by Gasteiger charge is 2.40. The summed E-state index contributed by atoms with van der Waals surface area (Å²) in [5.41, 5.74) is -0.00766. The lowest BCUT2D eigenvalue weighted by Gasteiger charge is -2.06. The molecule has 0 spiro atoms. The summed E-state index contributed by atoms with van der Waals surface area (Å²) in [6.45, 7) is -0.102. The zero-order chi connectivity index (χ0) is 17.9. The van der Waals surface area contributed by atoms with Crippen molar-refractivity contribution in [2.24, 2.45) is 0 Å². The van der Waals surface area contributed by atoms with Crippen molar-refractivity contribution in [2.75, 3.05) is 0 Å². The molecule has 0 amide bonds. The van der Waals surface area contributed by atoms with E-state index in [1.165, 1.54) is 0 Å². The van der Waals surface area contributed by atoms with E-state index in [1.807, 2.05) is 0 Å². The van der Waals surface area contributed by atoms with Gasteiger partial charge in [0.2, 0.25) is 0 Å². The van der Waals surface area contributed by atoms with Crippen LogP contribution >= 0.6 is 11.3 Å². The monoisotopic (exact) mass is 363 g/mol. The molecule has 0 atom stereocenters. The van der Waals surface area contributed by atoms with E-state index in [4.69, 9.17) is 4.74 Å². The number of aromatic nitrogens is 1. The first-order chi connectivity index (χ1) is 11.9. The van der Waals surface area contributed by atoms with Crippen molar-refractivity contribution in [2.45, 2.75) is 12.8 Å². The summed E-state index contributed by atoms with van der Waals surface area (Å²) in [6, 6.07) is 17.2. The number of hydrogen-bond donors (Lipinski definition) is 0. The van der Waals surface area contributed by atoms with Gasteiger partial charge in [-0.1, -0.05) is 60.7 Å². The summed E-state index contributed by atoms with van der Waals surface area (Å²) in [6.07, 6.45) is -4.73. The zero-order valence-corrected chi connectivity index (χ0v) is 13.6. The molecule has 1 heterocycles. The largest absolute Gasteiger partial charge is 0.457 e. The minimum Gasteiger partial charge on any atom is -0.457 e. The van der Waals surface area contributed by atoms with Crippen LogP contribution in [0.4, 0.5) is 13.2 Å². The van der Waals surface area contributed by atoms with E-state index >= 15 is 0 Å². The van der Waals surface area contributed by atoms with Crippen LogP contribution in [0.5, 0.6) is 0 Å². The lowest BCUT2D eigenvalue weighted by Crippen LogP contribution is -2.13. The summed E-state index contributed by atoms with van der Waals surface area (Å²) in [4.78, 5) is 15.3. The summed E-state index contributed by atoms with van der Waals surface area (Å²) >= 11 is 0.677. The Morgan fingerprint density at radius 2 is 1.60 bits per heavy atom. The first kappa shape index (κ1) is 17.2. The van der Waals surface area contributed by atoms with Crippen LogP contribution in [0.15, 0.2) is 60.7 Å². The van der Waals surface area contributed by atoms with Gasteiger partial charge in [-0.3, -0.25) is 0 Å². The predicted octanol–water partition coefficient (Wildman–Crippen LogP) is 5.19. The van der Waals surface area contributed by atoms with Crippen LogP contribution in [0.1, 0.15) is 20.9 Å². The second-order valence-corrected chi connectivity index (χ2v) is 6.12. The minimum atomic E-state index is -4.73. The molecule has 3 nitrogen and oxygen atoms in total. The molecule has 1 aromatic heterocycles. The zero-order valence-electron chi connectivity index (χ0n) is 12.8. The van der Waals surface area contributed by atoms with Crippen LogP contribution in [0.2, 0.25) is 0 Å². The van der Waals surface area contributed by atoms with E-state index in [1.54, 1.807) is 60.7 Å². The van der Waals surface area contributed by atoms with Crippen molar-refractivity contribution in [3.63, 3.8) is 0 Å². The number of esters is 1. The molecule has 3 rings (SSSR count). The minimum absolute atomic E-state index is 0.102. The normalized spacial score (nSPS) is 11.3. The molecule has 128 valence electrons. The molecule has 25 heavy (non-hydrogen) atoms. The van der Waals surface area contributed by atoms with Gasteiger partial charge in [0.05, 0.1) is 0 Å². The van der Waals surface area contributed by atoms with E-state index in [2.05, 4.69) is 4.98 Å². The fourth-order valence-corrected chi connectivity index (χ4v) is 3.13. The van der Waals surface area contributed by atoms with Crippen LogP contribution < -0.4 is 0 Å². The Balaban J connectivity index is 1.88. The van der Waals surface area contributed by atoms with Crippen molar-refractivity contribution in [3.8, 4) is 10.6 Å². The Morgan fingerprint density at radius 3 is 2.20 bits per heavy atom. The number of carbonyl (C=O) groups is 1. The number of rotatable bonds is 4. The maximum Gasteiger partial charge on any atom is 0.435 e. The van der Waals surface area contributed by atoms with E-state index in [0.717, 1.165) is 0 Å². The number of ether oxygens (including phenoxy) is 1. The molecule has 0 aliphatic heterocycles. The van der Waals surface area contributed by atoms with Gasteiger partial charge in [-0.05, 0) is 5.56 Å². The fraction of sp³-hybridized carbons (Fsp3) is 0.111. The molecule has 0 saturated heterocycles. The Kier molecular flexibility index (Phi) is 4.85. The first-order valence-electron chi connectivity index (χ1n) is 7.29. The molecule has 0 saturated carbocycles. The Labute approximate surface area is 145 Å². The number of halogens is 3. The molecule has 0 aliphatic carbocycles. The van der Waals surface area contributed by atoms with Gasteiger partial charge in [0, 0.05) is 5.56 Å². The average molecular weight is 363 g/mol. The number of carbonyl (C=O) groups excluding carboxylic acids is 1. The van der Waals surface area contributed by atoms with Gasteiger partial charge >= 0.3 is 12.1 Å². The smallest absolute Gasteiger partial charge is 0.435 e. The molecule has 7 heteroatoms. The highest BCUT2D eigenvalue weighted by molar-refractivity contribution is 7.17. The van der Waals surface area contributed by atoms with Gasteiger partial charge in [-0.2, -0.15) is 13.2 Å². The molecule has 0 aliphatic rings. The first-order valence-corrected chi connectivity index (χ1v) is 8.11. The summed E-state index contributed by atoms with van der Waals surface area (Å²) in [5.74, 6) is -1.03. The van der Waals surface area contributed by atoms with Gasteiger partial charge < -0.3 is 4.74 Å². The molecule has 3 aromatic rings. The highest BCUT2D eigenvalue weighted by atomic mass is 32.1. The molecule has 0 fully saturated rings. The van der Waals surface area contributed by atoms with E-state index < -0.39 is 22.7 Å². The molecule has 2 aromatic carbocycles. The Bertz CT molecular complexity index is 861. The summed E-state index contributed by atoms with van der Waals surface area (Å²) in [5, 5.41) is 0.125. The van der Waals surface area contributed by atoms with Crippen molar-refractivity contribution >= 4 is 17.3 Å². The SMILES string of the molecule is O=C(OCc1ccccc1)c1sc(-c2ccccc2)nc1C(F)(F)F. The van der Waals surface area contributed by atoms with Gasteiger partial charge in [0.15, 0.2) is 5.69 Å². The fourth-order valence-electron chi connectivity index (χ4n) is 2.14. The molecule has 0 N–H and O–H groups in total. The van der Waals surface area contributed by atoms with Crippen molar-refractivity contribution < 1.29 is 22.7 Å². The molecule has 0 radical (unpaired) electrons. The standard InChI is InChI=1S/C18H12F3NO2S/c19-18(20,21)15-14(17(23)24-11-12-7-3-1-4-8-12)25-16(22-15)13-9-5-2-6-10-13/h1-10H,11H2. The maximum absolute atomic E-state index is 13.2. The summed E-state index contributed by atoms with van der Waals surface area (Å²) < 4.78 is 44.7. The third-order valence-electron chi connectivity index (χ3n) is 3.31. The number of thiazole rings is 1. The third-order valence-corrected chi connectivity index (χ3v) is 4.40. The van der Waals surface area contributed by atoms with E-state index in [0.29, 0.717) is 22.5 Å². The molecule has 0 unspecified atom stereocenters. The third kappa shape index (κ3) is 4.06. The summed E-state index contributed by atoms with van der Waals surface area (Å²) in [7, 11) is 0. The predicted molar refractivity (Wildman–Crippen MR) is 88.1 cm³/mol. The van der Waals surface area contributed by atoms with Crippen molar-refractivity contribution in [1.82, 2.24) is 4.98 Å². The quantitative estimate of drug-likeness (QED) is 0.599. The number of hydrogen-bond acceptors (Lipinski definition) is 4. The van der Waals surface area contributed by atoms with E-state index in [-0.39, 0.29) is 11.6 Å². The number of benzene rings is 2. The van der Waals surface area contributed by atoms with Crippen LogP contribution in [0, 0.1) is 0 Å². The average Bonchev–Trinajstić information content (AvgIpc) is 3.07. The number of alkyl halides is 3. The topological polar surface area (TPSA) is 39.2 Å². The molecular formula is C18H12F3NO2S. The lowest BCUT2D eigenvalue weighted by atomic mass is 10.2. The van der Waals surface area contributed by atoms with Gasteiger partial charge in [-0.15, -0.1) is 11.3 Å². The lowest BCUT2D eigenvalue weighted by molar-refractivity contribution is -0.141. The van der Waals surface area contributed by atoms with Gasteiger partial charge in [0.25, 0.3) is 0 Å². The number of nitrogens with zero attached hydrogens (tertiary/aromatic N) is 1. The van der Waals surface area contributed by atoms with Crippen molar-refractivity contribution in [3.05, 3.63) is 76.8 Å². The second kappa shape index (κ2) is 7.06. The molecule has 0 bridgehead atoms. The van der Waals surface area contributed by atoms with Crippen LogP contribution in [0.25, 0.3) is 10.6 Å². The van der Waals surface area contributed by atoms with Crippen LogP contribution in [-0.4, -0.2) is 11.0 Å². The second-order valence-electron chi connectivity index (χ2n) is 5.12. The van der Waals surface area contributed by atoms with Gasteiger partial charge in [-0.25, -0.2) is 9.78 Å². The van der Waals surface area contributed by atoms with E-state index in [9.17, 15) is 18.0 Å². The maximum atomic E-state index is 13.2. The van der Waals surface area contributed by atoms with Crippen molar-refractivity contribution in [1.29, 1.82) is 0 Å². The Morgan fingerprint density at radius 1 is 1.00 bits per heavy atom. The highest BCUT2D eigenvalue weighted by Crippen LogP contribution is 2.38. The Hall–Kier alpha value is -2.67. The van der Waals surface area contributed by atoms with Gasteiger partial charge in [0.1, 0.15) is 16.5 Å². The molecular weight excluding hydrogens is 351 g/mol. The van der Waals surface area contributed by atoms with Crippen LogP contribution in [0.3, 0.4) is 0 Å². The van der Waals surface area contributed by atoms with Crippen LogP contribution in [-0.2, 0) is 17.5 Å².